The normalized spacial score (nSPS) is 14.1. The van der Waals surface area contributed by atoms with Crippen molar-refractivity contribution in [2.75, 3.05) is 7.11 Å². The van der Waals surface area contributed by atoms with Crippen molar-refractivity contribution in [2.45, 2.75) is 19.3 Å². The van der Waals surface area contributed by atoms with Crippen LogP contribution in [0.4, 0.5) is 0 Å². The van der Waals surface area contributed by atoms with Gasteiger partial charge in [0.05, 0.1) is 17.6 Å². The van der Waals surface area contributed by atoms with Crippen LogP contribution in [0.25, 0.3) is 10.9 Å². The second-order valence-corrected chi connectivity index (χ2v) is 4.47. The lowest BCUT2D eigenvalue weighted by Gasteiger charge is -2.07. The fourth-order valence-corrected chi connectivity index (χ4v) is 2.68. The minimum absolute atomic E-state index is 0.828. The van der Waals surface area contributed by atoms with Gasteiger partial charge >= 0.3 is 0 Å². The first-order valence-electron chi connectivity index (χ1n) is 5.44. The maximum Gasteiger partial charge on any atom is 0.121 e. The van der Waals surface area contributed by atoms with Gasteiger partial charge < -0.3 is 4.74 Å². The predicted molar refractivity (Wildman–Crippen MR) is 65.3 cm³/mol. The van der Waals surface area contributed by atoms with Gasteiger partial charge in [-0.1, -0.05) is 11.6 Å². The van der Waals surface area contributed by atoms with E-state index in [1.807, 2.05) is 18.2 Å². The van der Waals surface area contributed by atoms with Crippen molar-refractivity contribution in [3.05, 3.63) is 34.5 Å². The molecule has 0 saturated carbocycles. The highest BCUT2D eigenvalue weighted by Gasteiger charge is 2.18. The number of ether oxygens (including phenoxy) is 1. The Morgan fingerprint density at radius 1 is 1.31 bits per heavy atom. The zero-order valence-electron chi connectivity index (χ0n) is 9.09. The van der Waals surface area contributed by atoms with Crippen LogP contribution < -0.4 is 4.74 Å². The molecule has 1 aromatic heterocycles. The van der Waals surface area contributed by atoms with Crippen LogP contribution in [0.5, 0.6) is 5.75 Å². The summed E-state index contributed by atoms with van der Waals surface area (Å²) in [6, 6.07) is 5.86. The Balaban J connectivity index is 2.32. The van der Waals surface area contributed by atoms with Crippen molar-refractivity contribution >= 4 is 22.5 Å². The minimum Gasteiger partial charge on any atom is -0.497 e. The van der Waals surface area contributed by atoms with Gasteiger partial charge in [-0.3, -0.25) is 4.98 Å². The predicted octanol–water partition coefficient (Wildman–Crippen LogP) is 3.39. The van der Waals surface area contributed by atoms with E-state index in [2.05, 4.69) is 4.98 Å². The highest BCUT2D eigenvalue weighted by atomic mass is 35.5. The van der Waals surface area contributed by atoms with Crippen molar-refractivity contribution in [3.63, 3.8) is 0 Å². The van der Waals surface area contributed by atoms with Gasteiger partial charge in [-0.2, -0.15) is 0 Å². The van der Waals surface area contributed by atoms with Crippen molar-refractivity contribution in [3.8, 4) is 5.75 Å². The number of pyridine rings is 1. The Kier molecular flexibility index (Phi) is 2.25. The summed E-state index contributed by atoms with van der Waals surface area (Å²) in [4.78, 5) is 4.66. The smallest absolute Gasteiger partial charge is 0.121 e. The molecule has 82 valence electrons. The van der Waals surface area contributed by atoms with E-state index in [0.29, 0.717) is 0 Å². The largest absolute Gasteiger partial charge is 0.497 e. The van der Waals surface area contributed by atoms with E-state index in [9.17, 15) is 0 Å². The van der Waals surface area contributed by atoms with Gasteiger partial charge in [0.15, 0.2) is 0 Å². The van der Waals surface area contributed by atoms with E-state index in [-0.39, 0.29) is 0 Å². The maximum atomic E-state index is 6.40. The average Bonchev–Trinajstić information content (AvgIpc) is 2.77. The van der Waals surface area contributed by atoms with E-state index in [1.54, 1.807) is 7.11 Å². The quantitative estimate of drug-likeness (QED) is 0.753. The van der Waals surface area contributed by atoms with Gasteiger partial charge in [-0.25, -0.2) is 0 Å². The van der Waals surface area contributed by atoms with Crippen LogP contribution >= 0.6 is 11.6 Å². The van der Waals surface area contributed by atoms with Gasteiger partial charge in [0.1, 0.15) is 5.75 Å². The van der Waals surface area contributed by atoms with Gasteiger partial charge in [-0.15, -0.1) is 0 Å². The van der Waals surface area contributed by atoms with Crippen molar-refractivity contribution in [2.24, 2.45) is 0 Å². The van der Waals surface area contributed by atoms with Crippen LogP contribution in [0.15, 0.2) is 18.2 Å². The third-order valence-corrected chi connectivity index (χ3v) is 3.58. The number of hydrogen-bond donors (Lipinski definition) is 0. The van der Waals surface area contributed by atoms with Crippen LogP contribution in [0.3, 0.4) is 0 Å². The molecule has 16 heavy (non-hydrogen) atoms. The number of benzene rings is 1. The fraction of sp³-hybridized carbons (Fsp3) is 0.308. The number of nitrogens with zero attached hydrogens (tertiary/aromatic N) is 1. The molecule has 0 unspecified atom stereocenters. The molecule has 1 aliphatic rings. The second kappa shape index (κ2) is 3.63. The van der Waals surface area contributed by atoms with Crippen LogP contribution in [-0.2, 0) is 12.8 Å². The summed E-state index contributed by atoms with van der Waals surface area (Å²) in [6.45, 7) is 0. The lowest BCUT2D eigenvalue weighted by atomic mass is 10.1. The summed E-state index contributed by atoms with van der Waals surface area (Å²) in [5, 5.41) is 1.91. The summed E-state index contributed by atoms with van der Waals surface area (Å²) in [6.07, 6.45) is 3.26. The Morgan fingerprint density at radius 2 is 2.19 bits per heavy atom. The molecule has 0 spiro atoms. The summed E-state index contributed by atoms with van der Waals surface area (Å²) < 4.78 is 5.20. The second-order valence-electron chi connectivity index (χ2n) is 4.09. The Bertz CT molecular complexity index is 565. The fourth-order valence-electron chi connectivity index (χ4n) is 2.31. The molecule has 1 aliphatic carbocycles. The molecule has 1 heterocycles. The monoisotopic (exact) mass is 233 g/mol. The molecule has 0 atom stereocenters. The minimum atomic E-state index is 0.828. The molecule has 2 nitrogen and oxygen atoms in total. The molecule has 0 saturated heterocycles. The molecule has 0 aliphatic heterocycles. The third kappa shape index (κ3) is 1.37. The van der Waals surface area contributed by atoms with Crippen LogP contribution in [0, 0.1) is 0 Å². The van der Waals surface area contributed by atoms with E-state index < -0.39 is 0 Å². The molecule has 1 aromatic carbocycles. The summed E-state index contributed by atoms with van der Waals surface area (Å²) in [5.41, 5.74) is 3.33. The maximum absolute atomic E-state index is 6.40. The zero-order valence-corrected chi connectivity index (χ0v) is 9.84. The van der Waals surface area contributed by atoms with E-state index >= 15 is 0 Å². The van der Waals surface area contributed by atoms with E-state index in [1.165, 1.54) is 5.56 Å². The van der Waals surface area contributed by atoms with Crippen molar-refractivity contribution in [1.82, 2.24) is 4.98 Å². The Morgan fingerprint density at radius 3 is 3.00 bits per heavy atom. The van der Waals surface area contributed by atoms with Crippen LogP contribution in [0.1, 0.15) is 17.7 Å². The molecule has 2 aromatic rings. The Labute approximate surface area is 99.2 Å². The molecule has 3 heteroatoms. The van der Waals surface area contributed by atoms with E-state index in [0.717, 1.165) is 46.6 Å². The average molecular weight is 234 g/mol. The topological polar surface area (TPSA) is 22.1 Å². The van der Waals surface area contributed by atoms with Gasteiger partial charge in [0, 0.05) is 17.1 Å². The number of aryl methyl sites for hydroxylation is 1. The van der Waals surface area contributed by atoms with Gasteiger partial charge in [0.2, 0.25) is 0 Å². The molecule has 0 radical (unpaired) electrons. The first-order valence-corrected chi connectivity index (χ1v) is 5.82. The van der Waals surface area contributed by atoms with Crippen molar-refractivity contribution < 1.29 is 4.74 Å². The number of aromatic nitrogens is 1. The number of hydrogen-bond acceptors (Lipinski definition) is 2. The van der Waals surface area contributed by atoms with Crippen molar-refractivity contribution in [1.29, 1.82) is 0 Å². The van der Waals surface area contributed by atoms with Crippen LogP contribution in [-0.4, -0.2) is 12.1 Å². The zero-order chi connectivity index (χ0) is 11.1. The molecular formula is C13H12ClNO. The van der Waals surface area contributed by atoms with Gasteiger partial charge in [-0.05, 0) is 37.0 Å². The molecule has 0 amide bonds. The number of fused-ring (bicyclic) bond motifs is 2. The summed E-state index contributed by atoms with van der Waals surface area (Å²) in [7, 11) is 1.66. The first kappa shape index (κ1) is 9.91. The molecule has 3 rings (SSSR count). The number of methoxy groups -OCH3 is 1. The lowest BCUT2D eigenvalue weighted by molar-refractivity contribution is 0.415. The number of halogens is 1. The standard InChI is InChI=1S/C13H12ClNO/c1-16-8-5-6-10-12(7-8)15-11-4-2-3-9(11)13(10)14/h5-7H,2-4H2,1H3. The molecule has 0 bridgehead atoms. The molecule has 0 N–H and O–H groups in total. The lowest BCUT2D eigenvalue weighted by Crippen LogP contribution is -1.92. The summed E-state index contributed by atoms with van der Waals surface area (Å²) in [5.74, 6) is 0.828. The highest BCUT2D eigenvalue weighted by Crippen LogP contribution is 2.34. The highest BCUT2D eigenvalue weighted by molar-refractivity contribution is 6.36. The molecular weight excluding hydrogens is 222 g/mol. The van der Waals surface area contributed by atoms with Gasteiger partial charge in [0.25, 0.3) is 0 Å². The SMILES string of the molecule is COc1ccc2c(Cl)c3c(nc2c1)CCC3. The first-order chi connectivity index (χ1) is 7.79. The van der Waals surface area contributed by atoms with Crippen LogP contribution in [0.2, 0.25) is 5.02 Å². The number of rotatable bonds is 1. The third-order valence-electron chi connectivity index (χ3n) is 3.15. The van der Waals surface area contributed by atoms with E-state index in [4.69, 9.17) is 16.3 Å². The Hall–Kier alpha value is -1.28. The summed E-state index contributed by atoms with van der Waals surface area (Å²) >= 11 is 6.40. The molecule has 0 fully saturated rings.